The van der Waals surface area contributed by atoms with Crippen molar-refractivity contribution in [1.29, 1.82) is 0 Å². The Morgan fingerprint density at radius 3 is 1.77 bits per heavy atom. The summed E-state index contributed by atoms with van der Waals surface area (Å²) in [6, 6.07) is -1.43. The average Bonchev–Trinajstić information content (AvgIpc) is 2.64. The molecule has 7 nitrogen and oxygen atoms in total. The number of hydrogen-bond acceptors (Lipinski definition) is 5. The minimum Gasteiger partial charge on any atom is -0.464 e. The fraction of sp³-hybridized carbons (Fsp3) is 0.870. The third-order valence-corrected chi connectivity index (χ3v) is 5.12. The van der Waals surface area contributed by atoms with Crippen LogP contribution in [0.3, 0.4) is 0 Å². The normalized spacial score (nSPS) is 13.3. The molecular formula is C23H44N2O5. The van der Waals surface area contributed by atoms with E-state index in [9.17, 15) is 14.4 Å². The SMILES string of the molecule is CCCCOC(=O)N(C)C(C(=O)N(C)C(C(=O)OCCCC(C)C)C(C)C)C(C)C. The summed E-state index contributed by atoms with van der Waals surface area (Å²) in [6.45, 7) is 14.5. The fourth-order valence-corrected chi connectivity index (χ4v) is 3.39. The number of esters is 1. The third kappa shape index (κ3) is 9.35. The highest BCUT2D eigenvalue weighted by molar-refractivity contribution is 5.89. The van der Waals surface area contributed by atoms with E-state index in [-0.39, 0.29) is 17.7 Å². The van der Waals surface area contributed by atoms with Crippen molar-refractivity contribution in [2.45, 2.75) is 86.2 Å². The molecule has 0 rings (SSSR count). The van der Waals surface area contributed by atoms with Gasteiger partial charge in [0.2, 0.25) is 5.91 Å². The van der Waals surface area contributed by atoms with Crippen molar-refractivity contribution in [3.63, 3.8) is 0 Å². The van der Waals surface area contributed by atoms with Crippen molar-refractivity contribution in [2.75, 3.05) is 27.3 Å². The van der Waals surface area contributed by atoms with Crippen LogP contribution in [-0.4, -0.2) is 67.2 Å². The number of carbonyl (C=O) groups is 3. The number of rotatable bonds is 13. The lowest BCUT2D eigenvalue weighted by atomic mass is 9.98. The van der Waals surface area contributed by atoms with E-state index in [1.165, 1.54) is 9.80 Å². The Bertz CT molecular complexity index is 534. The third-order valence-electron chi connectivity index (χ3n) is 5.12. The van der Waals surface area contributed by atoms with Gasteiger partial charge in [-0.05, 0) is 37.0 Å². The molecule has 2 amide bonds. The number of likely N-dealkylation sites (N-methyl/N-ethyl adjacent to an activating group) is 2. The van der Waals surface area contributed by atoms with Crippen molar-refractivity contribution in [2.24, 2.45) is 17.8 Å². The average molecular weight is 429 g/mol. The Hall–Kier alpha value is -1.79. The van der Waals surface area contributed by atoms with Gasteiger partial charge in [0, 0.05) is 14.1 Å². The molecule has 2 atom stereocenters. The predicted octanol–water partition coefficient (Wildman–Crippen LogP) is 4.34. The molecule has 0 aliphatic heterocycles. The standard InChI is InChI=1S/C23H44N2O5/c1-10-11-14-30-23(28)25(9)19(17(4)5)21(26)24(8)20(18(6)7)22(27)29-15-12-13-16(2)3/h16-20H,10-15H2,1-9H3. The van der Waals surface area contributed by atoms with Gasteiger partial charge in [0.1, 0.15) is 12.1 Å². The molecule has 0 aromatic rings. The highest BCUT2D eigenvalue weighted by atomic mass is 16.6. The zero-order chi connectivity index (χ0) is 23.4. The van der Waals surface area contributed by atoms with Gasteiger partial charge in [-0.3, -0.25) is 9.69 Å². The van der Waals surface area contributed by atoms with E-state index in [1.54, 1.807) is 14.1 Å². The Balaban J connectivity index is 5.25. The highest BCUT2D eigenvalue weighted by Crippen LogP contribution is 2.19. The van der Waals surface area contributed by atoms with E-state index in [1.807, 2.05) is 34.6 Å². The van der Waals surface area contributed by atoms with Crippen LogP contribution in [0.1, 0.15) is 74.1 Å². The van der Waals surface area contributed by atoms with Crippen molar-refractivity contribution < 1.29 is 23.9 Å². The zero-order valence-corrected chi connectivity index (χ0v) is 20.6. The quantitative estimate of drug-likeness (QED) is 0.322. The molecule has 0 radical (unpaired) electrons. The number of hydrogen-bond donors (Lipinski definition) is 0. The molecule has 0 aromatic heterocycles. The summed E-state index contributed by atoms with van der Waals surface area (Å²) in [4.78, 5) is 41.2. The summed E-state index contributed by atoms with van der Waals surface area (Å²) >= 11 is 0. The molecule has 0 saturated carbocycles. The summed E-state index contributed by atoms with van der Waals surface area (Å²) in [5.41, 5.74) is 0. The summed E-state index contributed by atoms with van der Waals surface area (Å²) in [7, 11) is 3.17. The highest BCUT2D eigenvalue weighted by Gasteiger charge is 2.38. The van der Waals surface area contributed by atoms with Crippen molar-refractivity contribution in [1.82, 2.24) is 9.80 Å². The van der Waals surface area contributed by atoms with E-state index >= 15 is 0 Å². The molecule has 0 aliphatic rings. The second-order valence-corrected chi connectivity index (χ2v) is 9.11. The lowest BCUT2D eigenvalue weighted by Crippen LogP contribution is -2.56. The first-order chi connectivity index (χ1) is 13.9. The fourth-order valence-electron chi connectivity index (χ4n) is 3.39. The van der Waals surface area contributed by atoms with Gasteiger partial charge in [-0.25, -0.2) is 9.59 Å². The first kappa shape index (κ1) is 28.2. The molecule has 7 heteroatoms. The number of amides is 2. The number of carbonyl (C=O) groups excluding carboxylic acids is 3. The molecule has 176 valence electrons. The van der Waals surface area contributed by atoms with E-state index in [0.717, 1.165) is 25.7 Å². The van der Waals surface area contributed by atoms with Gasteiger partial charge in [0.05, 0.1) is 13.2 Å². The van der Waals surface area contributed by atoms with Gasteiger partial charge in [-0.2, -0.15) is 0 Å². The van der Waals surface area contributed by atoms with Gasteiger partial charge in [0.15, 0.2) is 0 Å². The molecule has 0 N–H and O–H groups in total. The van der Waals surface area contributed by atoms with Crippen molar-refractivity contribution in [3.05, 3.63) is 0 Å². The van der Waals surface area contributed by atoms with Crippen LogP contribution >= 0.6 is 0 Å². The van der Waals surface area contributed by atoms with Crippen molar-refractivity contribution in [3.8, 4) is 0 Å². The molecule has 0 bridgehead atoms. The van der Waals surface area contributed by atoms with Crippen LogP contribution in [0.25, 0.3) is 0 Å². The predicted molar refractivity (Wildman–Crippen MR) is 119 cm³/mol. The minimum atomic E-state index is -0.723. The van der Waals surface area contributed by atoms with Gasteiger partial charge in [-0.15, -0.1) is 0 Å². The maximum atomic E-state index is 13.3. The number of unbranched alkanes of at least 4 members (excludes halogenated alkanes) is 1. The van der Waals surface area contributed by atoms with Crippen LogP contribution < -0.4 is 0 Å². The molecule has 2 unspecified atom stereocenters. The summed E-state index contributed by atoms with van der Waals surface area (Å²) in [6.07, 6.45) is 2.95. The molecule has 0 saturated heterocycles. The van der Waals surface area contributed by atoms with E-state index in [0.29, 0.717) is 19.1 Å². The largest absolute Gasteiger partial charge is 0.464 e. The molecule has 0 spiro atoms. The van der Waals surface area contributed by atoms with Gasteiger partial charge >= 0.3 is 12.1 Å². The van der Waals surface area contributed by atoms with Gasteiger partial charge in [0.25, 0.3) is 0 Å². The minimum absolute atomic E-state index is 0.119. The summed E-state index contributed by atoms with van der Waals surface area (Å²) in [5.74, 6) is -0.406. The second-order valence-electron chi connectivity index (χ2n) is 9.11. The second kappa shape index (κ2) is 14.3. The Morgan fingerprint density at radius 2 is 1.30 bits per heavy atom. The Labute approximate surface area is 183 Å². The summed E-state index contributed by atoms with van der Waals surface area (Å²) < 4.78 is 10.7. The van der Waals surface area contributed by atoms with Crippen LogP contribution in [-0.2, 0) is 19.1 Å². The molecule has 0 fully saturated rings. The van der Waals surface area contributed by atoms with Crippen LogP contribution in [0.2, 0.25) is 0 Å². The Morgan fingerprint density at radius 1 is 0.767 bits per heavy atom. The van der Waals surface area contributed by atoms with Crippen LogP contribution in [0.5, 0.6) is 0 Å². The van der Waals surface area contributed by atoms with Gasteiger partial charge in [-0.1, -0.05) is 54.9 Å². The molecule has 0 heterocycles. The molecular weight excluding hydrogens is 384 g/mol. The number of ether oxygens (including phenoxy) is 2. The smallest absolute Gasteiger partial charge is 0.410 e. The lowest BCUT2D eigenvalue weighted by Gasteiger charge is -2.36. The maximum Gasteiger partial charge on any atom is 0.410 e. The summed E-state index contributed by atoms with van der Waals surface area (Å²) in [5, 5.41) is 0. The van der Waals surface area contributed by atoms with Crippen molar-refractivity contribution >= 4 is 18.0 Å². The van der Waals surface area contributed by atoms with Crippen LogP contribution in [0, 0.1) is 17.8 Å². The van der Waals surface area contributed by atoms with E-state index < -0.39 is 24.1 Å². The lowest BCUT2D eigenvalue weighted by molar-refractivity contribution is -0.158. The van der Waals surface area contributed by atoms with E-state index in [2.05, 4.69) is 13.8 Å². The molecule has 0 aliphatic carbocycles. The molecule has 30 heavy (non-hydrogen) atoms. The van der Waals surface area contributed by atoms with E-state index in [4.69, 9.17) is 9.47 Å². The number of nitrogens with zero attached hydrogens (tertiary/aromatic N) is 2. The van der Waals surface area contributed by atoms with Crippen LogP contribution in [0.15, 0.2) is 0 Å². The van der Waals surface area contributed by atoms with Gasteiger partial charge < -0.3 is 14.4 Å². The van der Waals surface area contributed by atoms with Crippen LogP contribution in [0.4, 0.5) is 4.79 Å². The molecule has 0 aromatic carbocycles. The first-order valence-corrected chi connectivity index (χ1v) is 11.3. The monoisotopic (exact) mass is 428 g/mol. The zero-order valence-electron chi connectivity index (χ0n) is 20.6. The first-order valence-electron chi connectivity index (χ1n) is 11.3. The topological polar surface area (TPSA) is 76.2 Å². The Kier molecular flexibility index (Phi) is 13.4. The maximum absolute atomic E-state index is 13.3.